The molecular weight excluding hydrogens is 422 g/mol. The number of amides is 1. The van der Waals surface area contributed by atoms with Gasteiger partial charge >= 0.3 is 12.1 Å². The van der Waals surface area contributed by atoms with Crippen LogP contribution in [0.25, 0.3) is 0 Å². The highest BCUT2D eigenvalue weighted by atomic mass is 16.6. The van der Waals surface area contributed by atoms with Crippen LogP contribution in [-0.4, -0.2) is 64.7 Å². The molecule has 1 saturated heterocycles. The van der Waals surface area contributed by atoms with Crippen molar-refractivity contribution in [1.82, 2.24) is 4.90 Å². The van der Waals surface area contributed by atoms with Crippen LogP contribution in [0.1, 0.15) is 66.2 Å². The van der Waals surface area contributed by atoms with Crippen molar-refractivity contribution in [2.45, 2.75) is 84.0 Å². The first kappa shape index (κ1) is 27.1. The summed E-state index contributed by atoms with van der Waals surface area (Å²) < 4.78 is 11.1. The first-order valence-corrected chi connectivity index (χ1v) is 12.1. The van der Waals surface area contributed by atoms with Crippen LogP contribution in [-0.2, 0) is 14.3 Å². The molecule has 0 aromatic heterocycles. The third-order valence-corrected chi connectivity index (χ3v) is 6.22. The van der Waals surface area contributed by atoms with Gasteiger partial charge < -0.3 is 24.6 Å². The SMILES string of the molecule is C/C(=C\C=C\[C@@H](C)COC(=O)N1CC[C@@H](O)C1)[C@H]1OC(=O)CCCC[C@@](C)(O)C/C=C/[C@@H]1C. The van der Waals surface area contributed by atoms with Crippen LogP contribution < -0.4 is 0 Å². The lowest BCUT2D eigenvalue weighted by Gasteiger charge is -2.26. The number of β-amino-alcohol motifs (C(OH)–C–C–N with tert-alkyl or cyclic N) is 1. The van der Waals surface area contributed by atoms with E-state index in [-0.39, 0.29) is 30.5 Å². The number of rotatable bonds is 5. The van der Waals surface area contributed by atoms with Gasteiger partial charge in [0.05, 0.1) is 18.3 Å². The summed E-state index contributed by atoms with van der Waals surface area (Å²) in [6.07, 6.45) is 12.2. The number of aliphatic hydroxyl groups is 2. The van der Waals surface area contributed by atoms with E-state index < -0.39 is 17.8 Å². The molecule has 7 nitrogen and oxygen atoms in total. The summed E-state index contributed by atoms with van der Waals surface area (Å²) in [5, 5.41) is 20.0. The molecule has 0 aromatic rings. The Labute approximate surface area is 198 Å². The minimum atomic E-state index is -0.753. The number of carbonyl (C=O) groups excluding carboxylic acids is 2. The number of hydrogen-bond donors (Lipinski definition) is 2. The van der Waals surface area contributed by atoms with E-state index in [1.165, 1.54) is 4.90 Å². The number of carbonyl (C=O) groups is 2. The van der Waals surface area contributed by atoms with Crippen molar-refractivity contribution in [3.8, 4) is 0 Å². The monoisotopic (exact) mass is 463 g/mol. The number of hydrogen-bond acceptors (Lipinski definition) is 6. The van der Waals surface area contributed by atoms with E-state index in [2.05, 4.69) is 0 Å². The zero-order chi connectivity index (χ0) is 24.4. The average molecular weight is 464 g/mol. The molecule has 2 heterocycles. The number of allylic oxidation sites excluding steroid dienone is 2. The van der Waals surface area contributed by atoms with E-state index in [0.717, 1.165) is 12.0 Å². The van der Waals surface area contributed by atoms with Gasteiger partial charge in [-0.1, -0.05) is 50.6 Å². The number of aliphatic hydroxyl groups excluding tert-OH is 1. The largest absolute Gasteiger partial charge is 0.457 e. The molecule has 2 aliphatic heterocycles. The van der Waals surface area contributed by atoms with Gasteiger partial charge in [0.25, 0.3) is 0 Å². The van der Waals surface area contributed by atoms with Crippen LogP contribution in [0.15, 0.2) is 36.0 Å². The highest BCUT2D eigenvalue weighted by Gasteiger charge is 2.26. The first-order chi connectivity index (χ1) is 15.6. The van der Waals surface area contributed by atoms with Crippen LogP contribution >= 0.6 is 0 Å². The average Bonchev–Trinajstić information content (AvgIpc) is 3.18. The lowest BCUT2D eigenvalue weighted by atomic mass is 9.91. The lowest BCUT2D eigenvalue weighted by Crippen LogP contribution is -2.31. The minimum Gasteiger partial charge on any atom is -0.457 e. The van der Waals surface area contributed by atoms with Crippen molar-refractivity contribution in [3.05, 3.63) is 36.0 Å². The quantitative estimate of drug-likeness (QED) is 0.361. The molecule has 7 heteroatoms. The molecule has 0 saturated carbocycles. The predicted octanol–water partition coefficient (Wildman–Crippen LogP) is 4.15. The lowest BCUT2D eigenvalue weighted by molar-refractivity contribution is -0.149. The fraction of sp³-hybridized carbons (Fsp3) is 0.692. The van der Waals surface area contributed by atoms with Gasteiger partial charge in [-0.25, -0.2) is 4.79 Å². The summed E-state index contributed by atoms with van der Waals surface area (Å²) in [6, 6.07) is 0. The summed E-state index contributed by atoms with van der Waals surface area (Å²) in [7, 11) is 0. The van der Waals surface area contributed by atoms with E-state index in [0.29, 0.717) is 45.2 Å². The molecule has 2 N–H and O–H groups in total. The van der Waals surface area contributed by atoms with Crippen molar-refractivity contribution >= 4 is 12.1 Å². The van der Waals surface area contributed by atoms with Gasteiger partial charge in [0.2, 0.25) is 0 Å². The topological polar surface area (TPSA) is 96.3 Å². The van der Waals surface area contributed by atoms with Gasteiger partial charge in [0, 0.05) is 31.3 Å². The van der Waals surface area contributed by atoms with Crippen LogP contribution in [0, 0.1) is 11.8 Å². The summed E-state index contributed by atoms with van der Waals surface area (Å²) in [6.45, 7) is 8.86. The highest BCUT2D eigenvalue weighted by Crippen LogP contribution is 2.24. The van der Waals surface area contributed by atoms with E-state index in [1.54, 1.807) is 0 Å². The van der Waals surface area contributed by atoms with Gasteiger partial charge in [-0.2, -0.15) is 0 Å². The number of likely N-dealkylation sites (tertiary alicyclic amines) is 1. The van der Waals surface area contributed by atoms with E-state index >= 15 is 0 Å². The summed E-state index contributed by atoms with van der Waals surface area (Å²) in [4.78, 5) is 25.9. The molecular formula is C26H41NO6. The van der Waals surface area contributed by atoms with Crippen molar-refractivity contribution in [3.63, 3.8) is 0 Å². The number of nitrogens with zero attached hydrogens (tertiary/aromatic N) is 1. The summed E-state index contributed by atoms with van der Waals surface area (Å²) in [5.41, 5.74) is 0.173. The predicted molar refractivity (Wildman–Crippen MR) is 127 cm³/mol. The Hall–Kier alpha value is -2.12. The Kier molecular flexibility index (Phi) is 10.6. The second-order valence-corrected chi connectivity index (χ2v) is 9.84. The molecule has 1 fully saturated rings. The second kappa shape index (κ2) is 12.9. The molecule has 0 aliphatic carbocycles. The van der Waals surface area contributed by atoms with Crippen molar-refractivity contribution in [2.75, 3.05) is 19.7 Å². The molecule has 2 rings (SSSR count). The van der Waals surface area contributed by atoms with Gasteiger partial charge in [-0.05, 0) is 45.1 Å². The Morgan fingerprint density at radius 3 is 2.88 bits per heavy atom. The molecule has 33 heavy (non-hydrogen) atoms. The van der Waals surface area contributed by atoms with Crippen LogP contribution in [0.5, 0.6) is 0 Å². The third-order valence-electron chi connectivity index (χ3n) is 6.22. The molecule has 0 spiro atoms. The molecule has 0 bridgehead atoms. The fourth-order valence-corrected chi connectivity index (χ4v) is 4.08. The Morgan fingerprint density at radius 1 is 1.42 bits per heavy atom. The maximum atomic E-state index is 12.4. The zero-order valence-electron chi connectivity index (χ0n) is 20.5. The van der Waals surface area contributed by atoms with Gasteiger partial charge in [-0.3, -0.25) is 4.79 Å². The number of esters is 1. The van der Waals surface area contributed by atoms with Crippen molar-refractivity contribution in [2.24, 2.45) is 11.8 Å². The zero-order valence-corrected chi connectivity index (χ0v) is 20.5. The smallest absolute Gasteiger partial charge is 0.409 e. The Balaban J connectivity index is 1.94. The first-order valence-electron chi connectivity index (χ1n) is 12.1. The van der Waals surface area contributed by atoms with E-state index in [9.17, 15) is 19.8 Å². The molecule has 186 valence electrons. The van der Waals surface area contributed by atoms with E-state index in [1.807, 2.05) is 58.1 Å². The number of ether oxygens (including phenoxy) is 2. The molecule has 0 radical (unpaired) electrons. The Bertz CT molecular complexity index is 741. The Morgan fingerprint density at radius 2 is 2.18 bits per heavy atom. The molecule has 2 aliphatic rings. The normalized spacial score (nSPS) is 32.1. The van der Waals surface area contributed by atoms with Crippen LogP contribution in [0.4, 0.5) is 4.79 Å². The van der Waals surface area contributed by atoms with Crippen molar-refractivity contribution in [1.29, 1.82) is 0 Å². The molecule has 0 aromatic carbocycles. The van der Waals surface area contributed by atoms with Crippen LogP contribution in [0.3, 0.4) is 0 Å². The summed E-state index contributed by atoms with van der Waals surface area (Å²) >= 11 is 0. The molecule has 1 amide bonds. The van der Waals surface area contributed by atoms with E-state index in [4.69, 9.17) is 9.47 Å². The molecule has 5 atom stereocenters. The maximum absolute atomic E-state index is 12.4. The minimum absolute atomic E-state index is 0.0175. The fourth-order valence-electron chi connectivity index (χ4n) is 4.08. The highest BCUT2D eigenvalue weighted by molar-refractivity contribution is 5.70. The van der Waals surface area contributed by atoms with Gasteiger partial charge in [-0.15, -0.1) is 0 Å². The molecule has 0 unspecified atom stereocenters. The maximum Gasteiger partial charge on any atom is 0.409 e. The standard InChI is InChI=1S/C26H41NO6/c1-19(18-32-25(30)27-16-13-22(28)17-27)9-7-10-20(2)24-21(3)11-8-15-26(4,31)14-6-5-12-23(29)33-24/h7-11,19,21-22,24,28,31H,5-6,12-18H2,1-4H3/b9-7+,11-8+,20-10+/t19-,21+,22-,24-,26-/m1/s1. The number of cyclic esters (lactones) is 1. The van der Waals surface area contributed by atoms with Crippen LogP contribution in [0.2, 0.25) is 0 Å². The second-order valence-electron chi connectivity index (χ2n) is 9.84. The summed E-state index contributed by atoms with van der Waals surface area (Å²) in [5.74, 6) is -0.225. The third kappa shape index (κ3) is 9.72. The van der Waals surface area contributed by atoms with Gasteiger partial charge in [0.15, 0.2) is 0 Å². The van der Waals surface area contributed by atoms with Gasteiger partial charge in [0.1, 0.15) is 6.10 Å². The van der Waals surface area contributed by atoms with Crippen molar-refractivity contribution < 1.29 is 29.3 Å².